The van der Waals surface area contributed by atoms with Gasteiger partial charge in [0.1, 0.15) is 0 Å². The van der Waals surface area contributed by atoms with Crippen LogP contribution in [0, 0.1) is 0 Å². The number of amides is 2. The highest BCUT2D eigenvalue weighted by Crippen LogP contribution is 2.23. The van der Waals surface area contributed by atoms with Crippen molar-refractivity contribution < 1.29 is 9.18 Å². The van der Waals surface area contributed by atoms with Crippen molar-refractivity contribution in [2.24, 2.45) is 0 Å². The van der Waals surface area contributed by atoms with Crippen LogP contribution in [0.1, 0.15) is 24.9 Å². The Morgan fingerprint density at radius 1 is 1.45 bits per heavy atom. The molecule has 0 spiro atoms. The molecule has 0 bridgehead atoms. The second-order valence-electron chi connectivity index (χ2n) is 5.03. The molecule has 1 aromatic heterocycles. The van der Waals surface area contributed by atoms with Crippen LogP contribution in [0.3, 0.4) is 0 Å². The van der Waals surface area contributed by atoms with Gasteiger partial charge in [-0.2, -0.15) is 11.3 Å². The molecule has 0 unspecified atom stereocenters. The molecule has 1 aliphatic rings. The van der Waals surface area contributed by atoms with Gasteiger partial charge in [0.05, 0.1) is 6.67 Å². The van der Waals surface area contributed by atoms with Crippen LogP contribution < -0.4 is 5.32 Å². The Bertz CT molecular complexity index is 405. The van der Waals surface area contributed by atoms with Crippen LogP contribution in [0.15, 0.2) is 16.8 Å². The van der Waals surface area contributed by atoms with Gasteiger partial charge in [-0.25, -0.2) is 4.79 Å². The van der Waals surface area contributed by atoms with Crippen molar-refractivity contribution in [2.75, 3.05) is 39.4 Å². The first-order valence-electron chi connectivity index (χ1n) is 7.07. The predicted molar refractivity (Wildman–Crippen MR) is 79.9 cm³/mol. The fraction of sp³-hybridized carbons (Fsp3) is 0.643. The van der Waals surface area contributed by atoms with Gasteiger partial charge in [-0.3, -0.25) is 9.29 Å². The number of halogens is 1. The lowest BCUT2D eigenvalue weighted by Crippen LogP contribution is -2.52. The number of carbonyl (C=O) groups excluding carboxylic acids is 1. The summed E-state index contributed by atoms with van der Waals surface area (Å²) >= 11 is 1.72. The van der Waals surface area contributed by atoms with Gasteiger partial charge in [0.15, 0.2) is 0 Å². The van der Waals surface area contributed by atoms with Crippen LogP contribution in [0.2, 0.25) is 0 Å². The monoisotopic (exact) mass is 299 g/mol. The molecular weight excluding hydrogens is 277 g/mol. The van der Waals surface area contributed by atoms with Gasteiger partial charge in [0.25, 0.3) is 0 Å². The van der Waals surface area contributed by atoms with E-state index in [0.717, 1.165) is 26.2 Å². The van der Waals surface area contributed by atoms with Crippen LogP contribution in [0.4, 0.5) is 9.18 Å². The maximum absolute atomic E-state index is 12.0. The molecule has 1 N–H and O–H groups in total. The number of nitrogens with zero attached hydrogens (tertiary/aromatic N) is 2. The van der Waals surface area contributed by atoms with Gasteiger partial charge in [-0.1, -0.05) is 0 Å². The molecule has 1 aliphatic heterocycles. The topological polar surface area (TPSA) is 35.6 Å². The zero-order valence-electron chi connectivity index (χ0n) is 11.8. The maximum atomic E-state index is 12.0. The molecule has 6 heteroatoms. The number of urea groups is 1. The molecule has 0 saturated carbocycles. The maximum Gasteiger partial charge on any atom is 0.317 e. The van der Waals surface area contributed by atoms with Crippen LogP contribution in [-0.2, 0) is 0 Å². The largest absolute Gasteiger partial charge is 0.338 e. The minimum absolute atomic E-state index is 0.0683. The summed E-state index contributed by atoms with van der Waals surface area (Å²) in [6.07, 6.45) is 0.390. The molecule has 0 radical (unpaired) electrons. The van der Waals surface area contributed by atoms with E-state index >= 15 is 0 Å². The van der Waals surface area contributed by atoms with Crippen LogP contribution in [0.25, 0.3) is 0 Å². The van der Waals surface area contributed by atoms with E-state index in [4.69, 9.17) is 0 Å². The summed E-state index contributed by atoms with van der Waals surface area (Å²) in [4.78, 5) is 16.1. The summed E-state index contributed by atoms with van der Waals surface area (Å²) in [7, 11) is 0. The van der Waals surface area contributed by atoms with Gasteiger partial charge in [0.2, 0.25) is 0 Å². The Morgan fingerprint density at radius 3 is 2.80 bits per heavy atom. The van der Waals surface area contributed by atoms with E-state index in [-0.39, 0.29) is 12.7 Å². The highest BCUT2D eigenvalue weighted by molar-refractivity contribution is 7.07. The average molecular weight is 299 g/mol. The molecule has 0 aliphatic carbocycles. The molecular formula is C14H22FN3OS. The molecule has 4 nitrogen and oxygen atoms in total. The van der Waals surface area contributed by atoms with E-state index in [1.807, 2.05) is 4.90 Å². The summed E-state index contributed by atoms with van der Waals surface area (Å²) in [5.41, 5.74) is 1.34. The summed E-state index contributed by atoms with van der Waals surface area (Å²) in [6, 6.07) is 2.49. The van der Waals surface area contributed by atoms with E-state index in [2.05, 4.69) is 34.0 Å². The predicted octanol–water partition coefficient (Wildman–Crippen LogP) is 2.50. The number of carbonyl (C=O) groups is 1. The molecule has 1 atom stereocenters. The van der Waals surface area contributed by atoms with Crippen LogP contribution in [-0.4, -0.2) is 55.2 Å². The molecule has 20 heavy (non-hydrogen) atoms. The smallest absolute Gasteiger partial charge is 0.317 e. The van der Waals surface area contributed by atoms with Crippen molar-refractivity contribution >= 4 is 17.4 Å². The molecule has 1 saturated heterocycles. The SMILES string of the molecule is C[C@H](c1ccsc1)N1CCN(C(=O)NCCCF)CC1. The van der Waals surface area contributed by atoms with Gasteiger partial charge in [-0.05, 0) is 35.7 Å². The second-order valence-corrected chi connectivity index (χ2v) is 5.81. The Hall–Kier alpha value is -1.14. The highest BCUT2D eigenvalue weighted by atomic mass is 32.1. The molecule has 1 fully saturated rings. The minimum atomic E-state index is -0.383. The summed E-state index contributed by atoms with van der Waals surface area (Å²) in [5, 5.41) is 7.03. The Balaban J connectivity index is 1.76. The van der Waals surface area contributed by atoms with Gasteiger partial charge >= 0.3 is 6.03 Å². The lowest BCUT2D eigenvalue weighted by Gasteiger charge is -2.37. The molecule has 1 aromatic rings. The number of hydrogen-bond donors (Lipinski definition) is 1. The lowest BCUT2D eigenvalue weighted by atomic mass is 10.1. The zero-order chi connectivity index (χ0) is 14.4. The zero-order valence-corrected chi connectivity index (χ0v) is 12.7. The summed E-state index contributed by atoms with van der Waals surface area (Å²) in [5.74, 6) is 0. The fourth-order valence-electron chi connectivity index (χ4n) is 2.41. The molecule has 2 amide bonds. The van der Waals surface area contributed by atoms with Gasteiger partial charge in [0, 0.05) is 38.8 Å². The third-order valence-electron chi connectivity index (χ3n) is 3.76. The Labute approximate surface area is 123 Å². The number of hydrogen-bond acceptors (Lipinski definition) is 3. The van der Waals surface area contributed by atoms with E-state index in [0.29, 0.717) is 19.0 Å². The quantitative estimate of drug-likeness (QED) is 0.848. The van der Waals surface area contributed by atoms with Crippen molar-refractivity contribution in [3.63, 3.8) is 0 Å². The third kappa shape index (κ3) is 3.93. The number of nitrogens with one attached hydrogen (secondary N) is 1. The average Bonchev–Trinajstić information content (AvgIpc) is 3.01. The Kier molecular flexibility index (Phi) is 5.79. The van der Waals surface area contributed by atoms with E-state index in [1.165, 1.54) is 5.56 Å². The standard InChI is InChI=1S/C14H22FN3OS/c1-12(13-3-10-20-11-13)17-6-8-18(9-7-17)14(19)16-5-2-4-15/h3,10-12H,2,4-9H2,1H3,(H,16,19)/t12-/m1/s1. The number of alkyl halides is 1. The first-order chi connectivity index (χ1) is 9.72. The summed E-state index contributed by atoms with van der Waals surface area (Å²) < 4.78 is 12.0. The van der Waals surface area contributed by atoms with Crippen molar-refractivity contribution in [1.29, 1.82) is 0 Å². The van der Waals surface area contributed by atoms with Crippen molar-refractivity contribution in [1.82, 2.24) is 15.1 Å². The van der Waals surface area contributed by atoms with E-state index in [1.54, 1.807) is 11.3 Å². The van der Waals surface area contributed by atoms with Gasteiger partial charge in [-0.15, -0.1) is 0 Å². The van der Waals surface area contributed by atoms with Crippen LogP contribution in [0.5, 0.6) is 0 Å². The van der Waals surface area contributed by atoms with Gasteiger partial charge < -0.3 is 10.2 Å². The normalized spacial score (nSPS) is 18.0. The third-order valence-corrected chi connectivity index (χ3v) is 4.46. The number of rotatable bonds is 5. The second kappa shape index (κ2) is 7.59. The molecule has 0 aromatic carbocycles. The van der Waals surface area contributed by atoms with E-state index < -0.39 is 0 Å². The molecule has 2 heterocycles. The number of thiophene rings is 1. The fourth-order valence-corrected chi connectivity index (χ4v) is 3.16. The first kappa shape index (κ1) is 15.3. The highest BCUT2D eigenvalue weighted by Gasteiger charge is 2.24. The van der Waals surface area contributed by atoms with E-state index in [9.17, 15) is 9.18 Å². The molecule has 2 rings (SSSR count). The molecule has 112 valence electrons. The van der Waals surface area contributed by atoms with Crippen molar-refractivity contribution in [3.05, 3.63) is 22.4 Å². The van der Waals surface area contributed by atoms with Crippen molar-refractivity contribution in [2.45, 2.75) is 19.4 Å². The minimum Gasteiger partial charge on any atom is -0.338 e. The first-order valence-corrected chi connectivity index (χ1v) is 8.01. The van der Waals surface area contributed by atoms with Crippen LogP contribution >= 0.6 is 11.3 Å². The summed E-state index contributed by atoms with van der Waals surface area (Å²) in [6.45, 7) is 5.47. The lowest BCUT2D eigenvalue weighted by molar-refractivity contribution is 0.114. The number of piperazine rings is 1. The Morgan fingerprint density at radius 2 is 2.20 bits per heavy atom. The van der Waals surface area contributed by atoms with Crippen molar-refractivity contribution in [3.8, 4) is 0 Å².